The Hall–Kier alpha value is -3.13. The highest BCUT2D eigenvalue weighted by atomic mass is 35.5. The van der Waals surface area contributed by atoms with Crippen molar-refractivity contribution in [3.8, 4) is 0 Å². The van der Waals surface area contributed by atoms with Crippen molar-refractivity contribution in [2.24, 2.45) is 0 Å². The second-order valence-corrected chi connectivity index (χ2v) is 7.83. The molecule has 0 radical (unpaired) electrons. The molecule has 32 heavy (non-hydrogen) atoms. The largest absolute Gasteiger partial charge is 0.330 e. The molecule has 2 heterocycles. The van der Waals surface area contributed by atoms with Crippen molar-refractivity contribution in [1.82, 2.24) is 10.2 Å². The molecule has 2 aliphatic heterocycles. The lowest BCUT2D eigenvalue weighted by molar-refractivity contribution is -0.144. The van der Waals surface area contributed by atoms with Gasteiger partial charge in [0, 0.05) is 38.3 Å². The lowest BCUT2D eigenvalue weighted by Crippen LogP contribution is -2.52. The molecular formula is C23H19ClF2N2O4. The molecule has 0 bridgehead atoms. The van der Waals surface area contributed by atoms with Gasteiger partial charge in [-0.3, -0.25) is 24.5 Å². The standard InChI is InChI=1S/C23H19ClF2N2O4/c24-16-5-3-15(4-6-16)23(25,26)19(29)9-2-13-1-7-17-14(11-13)12-28(22(17)32)18-8-10-20(30)27-21(18)31/h1,3-7,11,18H,2,8-10,12H2,(H,27,30,31)/i2D,10D,18D. The van der Waals surface area contributed by atoms with E-state index >= 15 is 0 Å². The van der Waals surface area contributed by atoms with Gasteiger partial charge in [-0.15, -0.1) is 0 Å². The summed E-state index contributed by atoms with van der Waals surface area (Å²) in [5.41, 5.74) is 0.169. The smallest absolute Gasteiger partial charge is 0.322 e. The maximum Gasteiger partial charge on any atom is 0.330 e. The molecule has 1 N–H and O–H groups in total. The molecule has 0 saturated carbocycles. The van der Waals surface area contributed by atoms with Crippen molar-refractivity contribution in [3.63, 3.8) is 0 Å². The zero-order valence-corrected chi connectivity index (χ0v) is 17.3. The molecule has 2 aliphatic rings. The molecular weight excluding hydrogens is 442 g/mol. The Morgan fingerprint density at radius 1 is 1.25 bits per heavy atom. The number of Topliss-reactive ketones (excluding diaryl/α,β-unsaturated/α-hetero) is 1. The molecule has 166 valence electrons. The molecule has 4 rings (SSSR count). The Morgan fingerprint density at radius 2 is 1.97 bits per heavy atom. The van der Waals surface area contributed by atoms with Crippen LogP contribution in [-0.2, 0) is 33.2 Å². The van der Waals surface area contributed by atoms with E-state index in [1.54, 1.807) is 0 Å². The van der Waals surface area contributed by atoms with Gasteiger partial charge in [0.2, 0.25) is 17.6 Å². The number of ketones is 1. The molecule has 6 nitrogen and oxygen atoms in total. The summed E-state index contributed by atoms with van der Waals surface area (Å²) in [6.45, 7) is -0.207. The molecule has 0 aliphatic carbocycles. The normalized spacial score (nSPS) is 25.5. The third-order valence-electron chi connectivity index (χ3n) is 5.32. The van der Waals surface area contributed by atoms with Crippen LogP contribution in [0.25, 0.3) is 0 Å². The monoisotopic (exact) mass is 463 g/mol. The van der Waals surface area contributed by atoms with E-state index in [0.29, 0.717) is 5.56 Å². The number of benzene rings is 2. The Labute approximate surface area is 191 Å². The fraction of sp³-hybridized carbons (Fsp3) is 0.304. The number of halogens is 3. The van der Waals surface area contributed by atoms with Crippen LogP contribution in [-0.4, -0.2) is 34.4 Å². The van der Waals surface area contributed by atoms with Gasteiger partial charge in [0.1, 0.15) is 6.02 Å². The van der Waals surface area contributed by atoms with Crippen molar-refractivity contribution in [2.75, 3.05) is 0 Å². The van der Waals surface area contributed by atoms with Gasteiger partial charge >= 0.3 is 5.92 Å². The zero-order chi connectivity index (χ0) is 25.7. The predicted molar refractivity (Wildman–Crippen MR) is 111 cm³/mol. The average molecular weight is 464 g/mol. The third kappa shape index (κ3) is 4.14. The van der Waals surface area contributed by atoms with Crippen molar-refractivity contribution in [2.45, 2.75) is 44.1 Å². The SMILES string of the molecule is [2H]C1CC([2H])(N2Cc3cc(C([2H])CC(=O)C(F)(F)c4ccc(Cl)cc4)ccc3C2=O)C(=O)NC1=O. The topological polar surface area (TPSA) is 83.6 Å². The summed E-state index contributed by atoms with van der Waals surface area (Å²) in [6.07, 6.45) is -4.05. The molecule has 2 aromatic rings. The molecule has 1 saturated heterocycles. The number of amides is 3. The van der Waals surface area contributed by atoms with Crippen LogP contribution in [0.15, 0.2) is 42.5 Å². The van der Waals surface area contributed by atoms with E-state index in [2.05, 4.69) is 0 Å². The van der Waals surface area contributed by atoms with Crippen molar-refractivity contribution < 1.29 is 32.1 Å². The first-order chi connectivity index (χ1) is 16.3. The molecule has 3 unspecified atom stereocenters. The number of nitrogens with one attached hydrogen (secondary N) is 1. The van der Waals surface area contributed by atoms with E-state index in [1.807, 2.05) is 5.32 Å². The first-order valence-electron chi connectivity index (χ1n) is 11.3. The second-order valence-electron chi connectivity index (χ2n) is 7.39. The molecule has 0 aromatic heterocycles. The van der Waals surface area contributed by atoms with Gasteiger partial charge in [-0.05, 0) is 42.1 Å². The molecule has 0 spiro atoms. The lowest BCUT2D eigenvalue weighted by atomic mass is 9.97. The van der Waals surface area contributed by atoms with E-state index in [-0.39, 0.29) is 22.7 Å². The summed E-state index contributed by atoms with van der Waals surface area (Å²) in [5, 5.41) is 2.17. The van der Waals surface area contributed by atoms with Crippen molar-refractivity contribution in [1.29, 1.82) is 0 Å². The number of hydrogen-bond donors (Lipinski definition) is 1. The lowest BCUT2D eigenvalue weighted by Gasteiger charge is -2.29. The minimum Gasteiger partial charge on any atom is -0.322 e. The summed E-state index contributed by atoms with van der Waals surface area (Å²) >= 11 is 5.71. The predicted octanol–water partition coefficient (Wildman–Crippen LogP) is 3.39. The average Bonchev–Trinajstić information content (AvgIpc) is 3.14. The van der Waals surface area contributed by atoms with Crippen LogP contribution in [0.1, 0.15) is 50.4 Å². The molecule has 2 aromatic carbocycles. The maximum absolute atomic E-state index is 14.6. The molecule has 3 atom stereocenters. The number of hydrogen-bond acceptors (Lipinski definition) is 4. The molecule has 3 amide bonds. The van der Waals surface area contributed by atoms with Crippen LogP contribution < -0.4 is 5.32 Å². The van der Waals surface area contributed by atoms with Crippen LogP contribution in [0, 0.1) is 0 Å². The number of rotatable bonds is 6. The fourth-order valence-corrected chi connectivity index (χ4v) is 3.72. The van der Waals surface area contributed by atoms with Gasteiger partial charge in [-0.1, -0.05) is 35.9 Å². The highest BCUT2D eigenvalue weighted by molar-refractivity contribution is 6.30. The second kappa shape index (κ2) is 8.43. The van der Waals surface area contributed by atoms with Gasteiger partial charge in [0.25, 0.3) is 5.91 Å². The van der Waals surface area contributed by atoms with Gasteiger partial charge < -0.3 is 4.90 Å². The first-order valence-corrected chi connectivity index (χ1v) is 10.0. The molecule has 9 heteroatoms. The summed E-state index contributed by atoms with van der Waals surface area (Å²) in [6, 6.07) is 6.51. The summed E-state index contributed by atoms with van der Waals surface area (Å²) < 4.78 is 53.7. The van der Waals surface area contributed by atoms with Gasteiger partial charge in [-0.2, -0.15) is 8.78 Å². The van der Waals surface area contributed by atoms with E-state index < -0.39 is 66.6 Å². The molecule has 1 fully saturated rings. The van der Waals surface area contributed by atoms with Gasteiger partial charge in [0.15, 0.2) is 0 Å². The number of piperidine rings is 1. The van der Waals surface area contributed by atoms with E-state index in [1.165, 1.54) is 30.3 Å². The highest BCUT2D eigenvalue weighted by Gasteiger charge is 2.41. The van der Waals surface area contributed by atoms with Gasteiger partial charge in [-0.25, -0.2) is 0 Å². The number of aryl methyl sites for hydroxylation is 1. The minimum atomic E-state index is -3.82. The number of fused-ring (bicyclic) bond motifs is 1. The van der Waals surface area contributed by atoms with Crippen molar-refractivity contribution in [3.05, 3.63) is 69.7 Å². The van der Waals surface area contributed by atoms with Crippen LogP contribution >= 0.6 is 11.6 Å². The first kappa shape index (κ1) is 18.4. The van der Waals surface area contributed by atoms with E-state index in [9.17, 15) is 28.0 Å². The Kier molecular flexibility index (Phi) is 4.86. The zero-order valence-electron chi connectivity index (χ0n) is 19.5. The summed E-state index contributed by atoms with van der Waals surface area (Å²) in [5.74, 6) is -7.79. The number of alkyl halides is 2. The van der Waals surface area contributed by atoms with Gasteiger partial charge in [0.05, 0.1) is 1.37 Å². The fourth-order valence-electron chi connectivity index (χ4n) is 3.59. The quantitative estimate of drug-likeness (QED) is 0.665. The van der Waals surface area contributed by atoms with E-state index in [4.69, 9.17) is 15.7 Å². The summed E-state index contributed by atoms with van der Waals surface area (Å²) in [7, 11) is 0. The Morgan fingerprint density at radius 3 is 2.69 bits per heavy atom. The Bertz CT molecular complexity index is 1240. The Balaban J connectivity index is 1.52. The van der Waals surface area contributed by atoms with Crippen LogP contribution in [0.2, 0.25) is 5.02 Å². The number of imide groups is 1. The highest BCUT2D eigenvalue weighted by Crippen LogP contribution is 2.32. The minimum absolute atomic E-state index is 0.150. The number of carbonyl (C=O) groups excluding carboxylic acids is 4. The number of nitrogens with zero attached hydrogens (tertiary/aromatic N) is 1. The van der Waals surface area contributed by atoms with E-state index in [0.717, 1.165) is 17.0 Å². The van der Waals surface area contributed by atoms with Crippen LogP contribution in [0.3, 0.4) is 0 Å². The van der Waals surface area contributed by atoms with Crippen LogP contribution in [0.4, 0.5) is 8.78 Å². The van der Waals surface area contributed by atoms with Crippen LogP contribution in [0.5, 0.6) is 0 Å². The third-order valence-corrected chi connectivity index (χ3v) is 5.57. The maximum atomic E-state index is 14.6. The summed E-state index contributed by atoms with van der Waals surface area (Å²) in [4.78, 5) is 50.1. The number of carbonyl (C=O) groups is 4. The van der Waals surface area contributed by atoms with Crippen molar-refractivity contribution >= 4 is 35.1 Å².